The van der Waals surface area contributed by atoms with Crippen LogP contribution in [-0.2, 0) is 10.9 Å². The van der Waals surface area contributed by atoms with E-state index in [1.807, 2.05) is 4.90 Å². The number of likely N-dealkylation sites (tertiary alicyclic amines) is 1. The van der Waals surface area contributed by atoms with Gasteiger partial charge in [-0.15, -0.1) is 10.2 Å². The monoisotopic (exact) mass is 579 g/mol. The van der Waals surface area contributed by atoms with E-state index in [1.54, 1.807) is 25.7 Å². The van der Waals surface area contributed by atoms with Gasteiger partial charge in [0.2, 0.25) is 0 Å². The van der Waals surface area contributed by atoms with Crippen molar-refractivity contribution >= 4 is 12.0 Å². The maximum absolute atomic E-state index is 13.4. The third kappa shape index (κ3) is 6.32. The number of benzene rings is 1. The molecule has 11 nitrogen and oxygen atoms in total. The highest BCUT2D eigenvalue weighted by molar-refractivity contribution is 5.95. The first-order valence-corrected chi connectivity index (χ1v) is 14.0. The van der Waals surface area contributed by atoms with Crippen molar-refractivity contribution in [3.63, 3.8) is 0 Å². The van der Waals surface area contributed by atoms with Gasteiger partial charge in [-0.1, -0.05) is 5.21 Å². The van der Waals surface area contributed by atoms with E-state index in [4.69, 9.17) is 4.74 Å². The minimum atomic E-state index is -4.48. The lowest BCUT2D eigenvalue weighted by atomic mass is 9.83. The quantitative estimate of drug-likeness (QED) is 0.472. The molecule has 2 bridgehead atoms. The largest absolute Gasteiger partial charge is 0.444 e. The number of hydrogen-bond donors (Lipinski definition) is 3. The van der Waals surface area contributed by atoms with Crippen LogP contribution in [0.25, 0.3) is 0 Å². The van der Waals surface area contributed by atoms with Crippen LogP contribution in [0.15, 0.2) is 24.3 Å². The van der Waals surface area contributed by atoms with Crippen LogP contribution in [0.3, 0.4) is 0 Å². The minimum absolute atomic E-state index is 0.171. The summed E-state index contributed by atoms with van der Waals surface area (Å²) in [7, 11) is 0. The van der Waals surface area contributed by atoms with Gasteiger partial charge in [0, 0.05) is 24.2 Å². The average Bonchev–Trinajstić information content (AvgIpc) is 3.64. The van der Waals surface area contributed by atoms with E-state index in [2.05, 4.69) is 25.9 Å². The molecule has 4 heterocycles. The summed E-state index contributed by atoms with van der Waals surface area (Å²) in [5.41, 5.74) is -1.34. The van der Waals surface area contributed by atoms with Crippen LogP contribution in [0, 0.1) is 5.92 Å². The number of rotatable bonds is 6. The third-order valence-electron chi connectivity index (χ3n) is 8.27. The number of hydrogen-bond acceptors (Lipinski definition) is 8. The summed E-state index contributed by atoms with van der Waals surface area (Å²) in [5.74, 6) is -0.0219. The lowest BCUT2D eigenvalue weighted by Gasteiger charge is -2.44. The molecular weight excluding hydrogens is 543 g/mol. The van der Waals surface area contributed by atoms with Gasteiger partial charge in [-0.3, -0.25) is 9.69 Å². The number of aliphatic hydroxyl groups excluding tert-OH is 1. The summed E-state index contributed by atoms with van der Waals surface area (Å²) < 4.78 is 44.6. The van der Waals surface area contributed by atoms with Gasteiger partial charge in [-0.05, 0) is 89.5 Å². The van der Waals surface area contributed by atoms with E-state index in [-0.39, 0.29) is 35.5 Å². The molecule has 2 aromatic rings. The second kappa shape index (κ2) is 11.2. The van der Waals surface area contributed by atoms with Crippen molar-refractivity contribution in [3.05, 3.63) is 41.2 Å². The fraction of sp³-hybridized carbons (Fsp3) is 0.667. The Morgan fingerprint density at radius 1 is 1.10 bits per heavy atom. The van der Waals surface area contributed by atoms with Crippen molar-refractivity contribution in [2.45, 2.75) is 101 Å². The lowest BCUT2D eigenvalue weighted by molar-refractivity contribution is -0.137. The number of H-pyrrole nitrogens is 1. The zero-order valence-electron chi connectivity index (χ0n) is 23.3. The van der Waals surface area contributed by atoms with Crippen molar-refractivity contribution in [2.75, 3.05) is 6.54 Å². The normalized spacial score (nSPS) is 26.6. The Labute approximate surface area is 235 Å². The number of amides is 2. The topological polar surface area (TPSA) is 137 Å². The molecule has 3 fully saturated rings. The molecule has 3 saturated heterocycles. The van der Waals surface area contributed by atoms with E-state index < -0.39 is 35.7 Å². The van der Waals surface area contributed by atoms with Gasteiger partial charge in [0.15, 0.2) is 5.82 Å². The highest BCUT2D eigenvalue weighted by Crippen LogP contribution is 2.43. The highest BCUT2D eigenvalue weighted by atomic mass is 19.4. The Hall–Kier alpha value is -3.26. The van der Waals surface area contributed by atoms with Gasteiger partial charge in [0.25, 0.3) is 5.91 Å². The first kappa shape index (κ1) is 29.2. The molecule has 0 aliphatic carbocycles. The predicted octanol–water partition coefficient (Wildman–Crippen LogP) is 3.65. The second-order valence-corrected chi connectivity index (χ2v) is 12.2. The molecule has 14 heteroatoms. The number of alkyl carbamates (subject to hydrolysis) is 1. The number of alkyl halides is 3. The van der Waals surface area contributed by atoms with Crippen LogP contribution in [0.2, 0.25) is 0 Å². The second-order valence-electron chi connectivity index (χ2n) is 12.2. The maximum atomic E-state index is 13.4. The summed E-state index contributed by atoms with van der Waals surface area (Å²) in [5, 5.41) is 29.0. The molecule has 1 aromatic heterocycles. The molecule has 5 atom stereocenters. The molecule has 0 radical (unpaired) electrons. The van der Waals surface area contributed by atoms with Crippen LogP contribution < -0.4 is 5.32 Å². The highest BCUT2D eigenvalue weighted by Gasteiger charge is 2.49. The molecule has 2 amide bonds. The molecule has 3 aliphatic heterocycles. The summed E-state index contributed by atoms with van der Waals surface area (Å²) in [6, 6.07) is 2.97. The molecule has 5 rings (SSSR count). The van der Waals surface area contributed by atoms with Crippen molar-refractivity contribution in [2.24, 2.45) is 5.92 Å². The molecule has 1 aromatic carbocycles. The maximum Gasteiger partial charge on any atom is 0.416 e. The van der Waals surface area contributed by atoms with E-state index >= 15 is 0 Å². The molecule has 3 unspecified atom stereocenters. The van der Waals surface area contributed by atoms with Crippen LogP contribution in [0.1, 0.15) is 87.1 Å². The molecule has 3 N–H and O–H groups in total. The van der Waals surface area contributed by atoms with Crippen LogP contribution in [-0.4, -0.2) is 84.0 Å². The van der Waals surface area contributed by atoms with Crippen LogP contribution in [0.5, 0.6) is 0 Å². The zero-order valence-corrected chi connectivity index (χ0v) is 23.3. The number of carbonyl (C=O) groups is 2. The van der Waals surface area contributed by atoms with Gasteiger partial charge < -0.3 is 20.1 Å². The number of fused-ring (bicyclic) bond motifs is 2. The van der Waals surface area contributed by atoms with Gasteiger partial charge in [0.1, 0.15) is 11.8 Å². The minimum Gasteiger partial charge on any atom is -0.444 e. The van der Waals surface area contributed by atoms with Gasteiger partial charge in [0.05, 0.1) is 17.6 Å². The fourth-order valence-corrected chi connectivity index (χ4v) is 6.57. The first-order valence-electron chi connectivity index (χ1n) is 14.0. The number of carbonyl (C=O) groups excluding carboxylic acids is 2. The smallest absolute Gasteiger partial charge is 0.416 e. The molecule has 0 saturated carbocycles. The molecule has 41 heavy (non-hydrogen) atoms. The third-order valence-corrected chi connectivity index (χ3v) is 8.27. The van der Waals surface area contributed by atoms with Crippen LogP contribution >= 0.6 is 0 Å². The standard InChI is InChI=1S/C27H36F3N7O4/c1-26(2,3)41-25(40)31-21(24(39)36-12-4-5-20(36)22-32-34-35-33-22)16-13-18-10-11-19(14-16)37(18)23(38)15-6-8-17(9-7-15)27(28,29)30/h6-9,16,18-21,24,39H,4-5,10-14H2,1-3H3,(H,31,40)(H,32,33,34,35)/t16?,18?,19?,20-,21-,24?/m0/s1. The Morgan fingerprint density at radius 2 is 1.76 bits per heavy atom. The lowest BCUT2D eigenvalue weighted by Crippen LogP contribution is -2.59. The summed E-state index contributed by atoms with van der Waals surface area (Å²) >= 11 is 0. The molecular formula is C27H36F3N7O4. The summed E-state index contributed by atoms with van der Waals surface area (Å²) in [4.78, 5) is 30.0. The van der Waals surface area contributed by atoms with Gasteiger partial charge in [-0.25, -0.2) is 4.79 Å². The SMILES string of the molecule is CC(C)(C)OC(=O)N[C@@H](C1CC2CCC(C1)N2C(=O)c1ccc(C(F)(F)F)cc1)C(O)N1CCC[C@H]1c1nn[nH]n1. The number of halogens is 3. The predicted molar refractivity (Wildman–Crippen MR) is 139 cm³/mol. The zero-order chi connectivity index (χ0) is 29.5. The first-order chi connectivity index (χ1) is 19.3. The molecule has 0 spiro atoms. The van der Waals surface area contributed by atoms with Crippen molar-refractivity contribution in [1.82, 2.24) is 35.7 Å². The number of aromatic amines is 1. The average molecular weight is 580 g/mol. The number of aromatic nitrogens is 4. The Balaban J connectivity index is 1.35. The molecule has 224 valence electrons. The summed E-state index contributed by atoms with van der Waals surface area (Å²) in [6.45, 7) is 5.86. The number of nitrogens with one attached hydrogen (secondary N) is 2. The molecule has 3 aliphatic rings. The van der Waals surface area contributed by atoms with Gasteiger partial charge >= 0.3 is 12.3 Å². The van der Waals surface area contributed by atoms with Crippen molar-refractivity contribution < 1.29 is 32.6 Å². The van der Waals surface area contributed by atoms with Crippen molar-refractivity contribution in [3.8, 4) is 0 Å². The van der Waals surface area contributed by atoms with E-state index in [0.717, 1.165) is 37.8 Å². The number of ether oxygens (including phenoxy) is 1. The Bertz CT molecular complexity index is 1200. The van der Waals surface area contributed by atoms with Gasteiger partial charge in [-0.2, -0.15) is 18.4 Å². The van der Waals surface area contributed by atoms with E-state index in [9.17, 15) is 27.9 Å². The number of tetrazole rings is 1. The Kier molecular flexibility index (Phi) is 7.99. The number of piperidine rings is 1. The Morgan fingerprint density at radius 3 is 2.32 bits per heavy atom. The van der Waals surface area contributed by atoms with Crippen LogP contribution in [0.4, 0.5) is 18.0 Å². The fourth-order valence-electron chi connectivity index (χ4n) is 6.57. The number of nitrogens with zero attached hydrogens (tertiary/aromatic N) is 5. The van der Waals surface area contributed by atoms with Crippen molar-refractivity contribution in [1.29, 1.82) is 0 Å². The van der Waals surface area contributed by atoms with E-state index in [0.29, 0.717) is 25.2 Å². The number of aliphatic hydroxyl groups is 1. The van der Waals surface area contributed by atoms with E-state index in [1.165, 1.54) is 12.1 Å². The summed E-state index contributed by atoms with van der Waals surface area (Å²) in [6.07, 6.45) is -2.17.